The van der Waals surface area contributed by atoms with E-state index in [4.69, 9.17) is 16.9 Å². The Bertz CT molecular complexity index is 871. The van der Waals surface area contributed by atoms with Crippen LogP contribution in [0.1, 0.15) is 17.5 Å². The minimum atomic E-state index is -0.428. The van der Waals surface area contributed by atoms with Crippen LogP contribution in [-0.2, 0) is 9.59 Å². The van der Waals surface area contributed by atoms with Gasteiger partial charge in [0, 0.05) is 29.4 Å². The minimum Gasteiger partial charge on any atom is -0.326 e. The van der Waals surface area contributed by atoms with Gasteiger partial charge in [0.2, 0.25) is 11.8 Å². The third-order valence-corrected chi connectivity index (χ3v) is 4.65. The number of hydrogen-bond acceptors (Lipinski definition) is 3. The summed E-state index contributed by atoms with van der Waals surface area (Å²) in [6.45, 7) is 2.21. The molecule has 1 heterocycles. The highest BCUT2D eigenvalue weighted by Gasteiger charge is 2.35. The molecule has 5 nitrogen and oxygen atoms in total. The van der Waals surface area contributed by atoms with Gasteiger partial charge in [0.1, 0.15) is 0 Å². The molecule has 0 aliphatic carbocycles. The maximum absolute atomic E-state index is 12.4. The lowest BCUT2D eigenvalue weighted by Crippen LogP contribution is -2.28. The molecule has 1 aliphatic heterocycles. The lowest BCUT2D eigenvalue weighted by atomic mass is 10.1. The Hall–Kier alpha value is -2.84. The summed E-state index contributed by atoms with van der Waals surface area (Å²) in [7, 11) is 0. The van der Waals surface area contributed by atoms with Crippen molar-refractivity contribution in [2.24, 2.45) is 5.92 Å². The topological polar surface area (TPSA) is 73.2 Å². The maximum atomic E-state index is 12.4. The van der Waals surface area contributed by atoms with Crippen LogP contribution in [0.25, 0.3) is 0 Å². The molecular weight excluding hydrogens is 338 g/mol. The Morgan fingerprint density at radius 2 is 2.00 bits per heavy atom. The number of aryl methyl sites for hydroxylation is 1. The van der Waals surface area contributed by atoms with Crippen molar-refractivity contribution < 1.29 is 9.59 Å². The molecule has 126 valence electrons. The summed E-state index contributed by atoms with van der Waals surface area (Å²) in [6, 6.07) is 14.1. The van der Waals surface area contributed by atoms with Gasteiger partial charge in [0.25, 0.3) is 0 Å². The molecule has 1 fully saturated rings. The fourth-order valence-electron chi connectivity index (χ4n) is 2.75. The molecule has 2 aromatic rings. The Kier molecular flexibility index (Phi) is 4.73. The number of carbonyl (C=O) groups excluding carboxylic acids is 2. The summed E-state index contributed by atoms with van der Waals surface area (Å²) in [5.41, 5.74) is 2.77. The number of hydrogen-bond donors (Lipinski definition) is 1. The van der Waals surface area contributed by atoms with Crippen LogP contribution in [-0.4, -0.2) is 18.4 Å². The monoisotopic (exact) mass is 353 g/mol. The third-order valence-electron chi connectivity index (χ3n) is 4.24. The standard InChI is InChI=1S/C19H16ClN3O2/c1-12-2-7-16(9-17(12)20)23-11-14(8-18(23)24)19(25)22-15-5-3-13(10-21)4-6-15/h2-7,9,14H,8,11H2,1H3,(H,22,25)/t14-/m0/s1. The molecule has 0 bridgehead atoms. The molecule has 1 N–H and O–H groups in total. The van der Waals surface area contributed by atoms with Gasteiger partial charge in [-0.25, -0.2) is 0 Å². The van der Waals surface area contributed by atoms with E-state index >= 15 is 0 Å². The second-order valence-corrected chi connectivity index (χ2v) is 6.42. The predicted octanol–water partition coefficient (Wildman–Crippen LogP) is 3.51. The van der Waals surface area contributed by atoms with Crippen molar-refractivity contribution in [2.45, 2.75) is 13.3 Å². The van der Waals surface area contributed by atoms with Crippen molar-refractivity contribution in [1.29, 1.82) is 5.26 Å². The Morgan fingerprint density at radius 1 is 1.28 bits per heavy atom. The fourth-order valence-corrected chi connectivity index (χ4v) is 2.93. The van der Waals surface area contributed by atoms with Crippen LogP contribution in [0.15, 0.2) is 42.5 Å². The van der Waals surface area contributed by atoms with Gasteiger partial charge in [-0.15, -0.1) is 0 Å². The second-order valence-electron chi connectivity index (χ2n) is 6.02. The predicted molar refractivity (Wildman–Crippen MR) is 96.4 cm³/mol. The molecule has 3 rings (SSSR count). The van der Waals surface area contributed by atoms with Crippen LogP contribution < -0.4 is 10.2 Å². The van der Waals surface area contributed by atoms with Gasteiger partial charge in [0.05, 0.1) is 17.6 Å². The molecule has 0 saturated carbocycles. The molecule has 2 aromatic carbocycles. The smallest absolute Gasteiger partial charge is 0.229 e. The zero-order chi connectivity index (χ0) is 18.0. The number of anilines is 2. The van der Waals surface area contributed by atoms with Gasteiger partial charge in [0.15, 0.2) is 0 Å². The summed E-state index contributed by atoms with van der Waals surface area (Å²) in [5.74, 6) is -0.734. The van der Waals surface area contributed by atoms with Crippen LogP contribution in [0.3, 0.4) is 0 Å². The molecule has 25 heavy (non-hydrogen) atoms. The Morgan fingerprint density at radius 3 is 2.64 bits per heavy atom. The van der Waals surface area contributed by atoms with E-state index in [0.29, 0.717) is 28.5 Å². The molecular formula is C19H16ClN3O2. The summed E-state index contributed by atoms with van der Waals surface area (Å²) < 4.78 is 0. The van der Waals surface area contributed by atoms with Gasteiger partial charge >= 0.3 is 0 Å². The van der Waals surface area contributed by atoms with Crippen LogP contribution >= 0.6 is 11.6 Å². The molecule has 0 aromatic heterocycles. The molecule has 1 aliphatic rings. The summed E-state index contributed by atoms with van der Waals surface area (Å²) >= 11 is 6.13. The number of halogens is 1. The van der Waals surface area contributed by atoms with Crippen molar-refractivity contribution >= 4 is 34.8 Å². The molecule has 2 amide bonds. The largest absolute Gasteiger partial charge is 0.326 e. The van der Waals surface area contributed by atoms with Crippen molar-refractivity contribution in [3.05, 3.63) is 58.6 Å². The summed E-state index contributed by atoms with van der Waals surface area (Å²) in [5, 5.41) is 12.2. The highest BCUT2D eigenvalue weighted by molar-refractivity contribution is 6.31. The first-order valence-corrected chi connectivity index (χ1v) is 8.23. The minimum absolute atomic E-state index is 0.0973. The normalized spacial score (nSPS) is 16.6. The first kappa shape index (κ1) is 17.0. The number of amides is 2. The maximum Gasteiger partial charge on any atom is 0.229 e. The third kappa shape index (κ3) is 3.65. The average Bonchev–Trinajstić information content (AvgIpc) is 3.00. The molecule has 0 radical (unpaired) electrons. The highest BCUT2D eigenvalue weighted by Crippen LogP contribution is 2.29. The van der Waals surface area contributed by atoms with Crippen molar-refractivity contribution in [2.75, 3.05) is 16.8 Å². The lowest BCUT2D eigenvalue weighted by molar-refractivity contribution is -0.122. The Balaban J connectivity index is 1.69. The van der Waals surface area contributed by atoms with Crippen LogP contribution in [0.5, 0.6) is 0 Å². The van der Waals surface area contributed by atoms with E-state index in [2.05, 4.69) is 5.32 Å². The fraction of sp³-hybridized carbons (Fsp3) is 0.211. The van der Waals surface area contributed by atoms with Gasteiger partial charge in [-0.1, -0.05) is 17.7 Å². The van der Waals surface area contributed by atoms with Gasteiger partial charge in [-0.05, 0) is 48.9 Å². The van der Waals surface area contributed by atoms with Crippen molar-refractivity contribution in [3.63, 3.8) is 0 Å². The number of nitrogens with one attached hydrogen (secondary N) is 1. The van der Waals surface area contributed by atoms with Gasteiger partial charge < -0.3 is 10.2 Å². The zero-order valence-corrected chi connectivity index (χ0v) is 14.4. The highest BCUT2D eigenvalue weighted by atomic mass is 35.5. The molecule has 1 saturated heterocycles. The van der Waals surface area contributed by atoms with E-state index in [9.17, 15) is 9.59 Å². The van der Waals surface area contributed by atoms with E-state index in [1.165, 1.54) is 0 Å². The van der Waals surface area contributed by atoms with E-state index in [1.807, 2.05) is 25.1 Å². The first-order valence-electron chi connectivity index (χ1n) is 7.85. The summed E-state index contributed by atoms with van der Waals surface area (Å²) in [6.07, 6.45) is 0.160. The van der Waals surface area contributed by atoms with Crippen LogP contribution in [0, 0.1) is 24.2 Å². The van der Waals surface area contributed by atoms with E-state index in [0.717, 1.165) is 5.56 Å². The average molecular weight is 354 g/mol. The second kappa shape index (κ2) is 6.96. The zero-order valence-electron chi connectivity index (χ0n) is 13.6. The number of carbonyl (C=O) groups is 2. The SMILES string of the molecule is Cc1ccc(N2C[C@@H](C(=O)Nc3ccc(C#N)cc3)CC2=O)cc1Cl. The molecule has 0 unspecified atom stereocenters. The summed E-state index contributed by atoms with van der Waals surface area (Å²) in [4.78, 5) is 26.3. The van der Waals surface area contributed by atoms with Crippen molar-refractivity contribution in [3.8, 4) is 6.07 Å². The molecule has 0 spiro atoms. The lowest BCUT2D eigenvalue weighted by Gasteiger charge is -2.17. The van der Waals surface area contributed by atoms with Gasteiger partial charge in [-0.2, -0.15) is 5.26 Å². The van der Waals surface area contributed by atoms with Gasteiger partial charge in [-0.3, -0.25) is 9.59 Å². The van der Waals surface area contributed by atoms with E-state index in [1.54, 1.807) is 35.2 Å². The number of nitrogens with zero attached hydrogens (tertiary/aromatic N) is 2. The number of rotatable bonds is 3. The first-order chi connectivity index (χ1) is 12.0. The molecule has 6 heteroatoms. The van der Waals surface area contributed by atoms with Crippen LogP contribution in [0.4, 0.5) is 11.4 Å². The Labute approximate surface area is 150 Å². The van der Waals surface area contributed by atoms with E-state index < -0.39 is 5.92 Å². The molecule has 1 atom stereocenters. The number of nitriles is 1. The number of benzene rings is 2. The van der Waals surface area contributed by atoms with Crippen LogP contribution in [0.2, 0.25) is 5.02 Å². The quantitative estimate of drug-likeness (QED) is 0.917. The van der Waals surface area contributed by atoms with Crippen molar-refractivity contribution in [1.82, 2.24) is 0 Å². The van der Waals surface area contributed by atoms with E-state index in [-0.39, 0.29) is 18.2 Å².